The molecule has 3 aliphatic rings. The molecule has 2 bridgehead atoms. The number of hydrogen-bond acceptors (Lipinski definition) is 5. The van der Waals surface area contributed by atoms with E-state index in [0.717, 1.165) is 12.0 Å². The monoisotopic (exact) mass is 444 g/mol. The summed E-state index contributed by atoms with van der Waals surface area (Å²) in [5.41, 5.74) is 3.58. The van der Waals surface area contributed by atoms with Gasteiger partial charge in [0, 0.05) is 5.69 Å². The number of esters is 1. The highest BCUT2D eigenvalue weighted by Crippen LogP contribution is 2.55. The smallest absolute Gasteiger partial charge is 0.338 e. The molecule has 1 heterocycles. The predicted octanol–water partition coefficient (Wildman–Crippen LogP) is 3.49. The van der Waals surface area contributed by atoms with Crippen molar-refractivity contribution in [2.45, 2.75) is 20.3 Å². The maximum absolute atomic E-state index is 13.0. The van der Waals surface area contributed by atoms with Crippen molar-refractivity contribution < 1.29 is 23.9 Å². The number of nitrogens with one attached hydrogen (secondary N) is 1. The molecule has 0 radical (unpaired) electrons. The normalized spacial score (nSPS) is 25.2. The van der Waals surface area contributed by atoms with Gasteiger partial charge in [-0.3, -0.25) is 19.3 Å². The Balaban J connectivity index is 1.21. The van der Waals surface area contributed by atoms with Crippen LogP contribution in [-0.4, -0.2) is 30.3 Å². The molecule has 1 saturated heterocycles. The van der Waals surface area contributed by atoms with Crippen LogP contribution in [0.25, 0.3) is 0 Å². The van der Waals surface area contributed by atoms with E-state index < -0.39 is 18.5 Å². The SMILES string of the molecule is CC1=C[C@H]2C[C@H]1[C@@H]1C(=O)N(c3ccc(C(=O)OCC(=O)Nc4ccc(C)cc4)cc3)C(=O)[C@H]12. The van der Waals surface area contributed by atoms with Crippen LogP contribution in [0.2, 0.25) is 0 Å². The van der Waals surface area contributed by atoms with Crippen molar-refractivity contribution in [3.05, 3.63) is 71.3 Å². The van der Waals surface area contributed by atoms with E-state index in [2.05, 4.69) is 11.4 Å². The van der Waals surface area contributed by atoms with Gasteiger partial charge in [0.1, 0.15) is 0 Å². The number of benzene rings is 2. The summed E-state index contributed by atoms with van der Waals surface area (Å²) in [6, 6.07) is 13.4. The number of nitrogens with zero attached hydrogens (tertiary/aromatic N) is 1. The fourth-order valence-corrected chi connectivity index (χ4v) is 5.32. The van der Waals surface area contributed by atoms with Crippen LogP contribution in [-0.2, 0) is 19.1 Å². The minimum atomic E-state index is -0.658. The highest BCUT2D eigenvalue weighted by molar-refractivity contribution is 6.23. The van der Waals surface area contributed by atoms with Crippen molar-refractivity contribution in [3.63, 3.8) is 0 Å². The summed E-state index contributed by atoms with van der Waals surface area (Å²) < 4.78 is 5.10. The Hall–Kier alpha value is -3.74. The van der Waals surface area contributed by atoms with E-state index in [0.29, 0.717) is 11.4 Å². The molecule has 3 amide bonds. The third-order valence-electron chi connectivity index (χ3n) is 6.91. The molecule has 2 aromatic rings. The number of fused-ring (bicyclic) bond motifs is 5. The molecule has 0 unspecified atom stereocenters. The average Bonchev–Trinajstić information content (AvgIpc) is 3.44. The number of allylic oxidation sites excluding steroid dienone is 2. The summed E-state index contributed by atoms with van der Waals surface area (Å²) in [6.45, 7) is 3.56. The van der Waals surface area contributed by atoms with Crippen LogP contribution in [0.4, 0.5) is 11.4 Å². The third kappa shape index (κ3) is 3.63. The van der Waals surface area contributed by atoms with Crippen molar-refractivity contribution in [2.24, 2.45) is 23.7 Å². The van der Waals surface area contributed by atoms with E-state index in [4.69, 9.17) is 4.74 Å². The number of anilines is 2. The van der Waals surface area contributed by atoms with Crippen LogP contribution in [0, 0.1) is 30.6 Å². The van der Waals surface area contributed by atoms with Gasteiger partial charge in [0.15, 0.2) is 6.61 Å². The van der Waals surface area contributed by atoms with Gasteiger partial charge in [0.05, 0.1) is 23.1 Å². The van der Waals surface area contributed by atoms with Gasteiger partial charge >= 0.3 is 5.97 Å². The zero-order valence-electron chi connectivity index (χ0n) is 18.4. The fraction of sp³-hybridized carbons (Fsp3) is 0.308. The first-order valence-corrected chi connectivity index (χ1v) is 11.0. The average molecular weight is 444 g/mol. The lowest BCUT2D eigenvalue weighted by Gasteiger charge is -2.19. The minimum absolute atomic E-state index is 0.141. The van der Waals surface area contributed by atoms with E-state index >= 15 is 0 Å². The Kier molecular flexibility index (Phi) is 5.12. The maximum atomic E-state index is 13.0. The van der Waals surface area contributed by atoms with Crippen molar-refractivity contribution in [2.75, 3.05) is 16.8 Å². The fourth-order valence-electron chi connectivity index (χ4n) is 5.32. The van der Waals surface area contributed by atoms with Crippen molar-refractivity contribution in [1.29, 1.82) is 0 Å². The Morgan fingerprint density at radius 3 is 2.33 bits per heavy atom. The molecule has 1 saturated carbocycles. The molecule has 0 aromatic heterocycles. The predicted molar refractivity (Wildman–Crippen MR) is 121 cm³/mol. The molecule has 7 nitrogen and oxygen atoms in total. The Bertz CT molecular complexity index is 1180. The lowest BCUT2D eigenvalue weighted by Crippen LogP contribution is -2.33. The van der Waals surface area contributed by atoms with Gasteiger partial charge in [-0.05, 0) is 68.5 Å². The number of hydrogen-bond donors (Lipinski definition) is 1. The van der Waals surface area contributed by atoms with E-state index in [1.165, 1.54) is 22.6 Å². The summed E-state index contributed by atoms with van der Waals surface area (Å²) in [5.74, 6) is -1.68. The van der Waals surface area contributed by atoms with Crippen LogP contribution in [0.1, 0.15) is 29.3 Å². The lowest BCUT2D eigenvalue weighted by molar-refractivity contribution is -0.123. The summed E-state index contributed by atoms with van der Waals surface area (Å²) in [5, 5.41) is 2.66. The topological polar surface area (TPSA) is 92.8 Å². The first-order chi connectivity index (χ1) is 15.8. The molecule has 2 fully saturated rings. The maximum Gasteiger partial charge on any atom is 0.338 e. The molecule has 4 atom stereocenters. The zero-order valence-corrected chi connectivity index (χ0v) is 18.4. The summed E-state index contributed by atoms with van der Waals surface area (Å²) in [4.78, 5) is 51.7. The number of aryl methyl sites for hydroxylation is 1. The lowest BCUT2D eigenvalue weighted by atomic mass is 9.82. The molecule has 2 aliphatic carbocycles. The second kappa shape index (κ2) is 7.99. The van der Waals surface area contributed by atoms with Crippen LogP contribution in [0.15, 0.2) is 60.2 Å². The number of carbonyl (C=O) groups is 4. The quantitative estimate of drug-likeness (QED) is 0.433. The van der Waals surface area contributed by atoms with E-state index in [-0.39, 0.29) is 41.0 Å². The van der Waals surface area contributed by atoms with Crippen molar-refractivity contribution >= 4 is 35.1 Å². The highest BCUT2D eigenvalue weighted by atomic mass is 16.5. The van der Waals surface area contributed by atoms with E-state index in [1.807, 2.05) is 26.0 Å². The largest absolute Gasteiger partial charge is 0.452 e. The van der Waals surface area contributed by atoms with Gasteiger partial charge in [-0.1, -0.05) is 29.3 Å². The standard InChI is InChI=1S/C26H24N2O5/c1-14-3-7-18(8-4-14)27-21(29)13-33-26(32)16-5-9-19(10-6-16)28-24(30)22-17-11-15(2)20(12-17)23(22)25(28)31/h3-11,17,20,22-23H,12-13H2,1-2H3,(H,27,29)/t17-,20+,22-,23-/m0/s1. The molecular formula is C26H24N2O5. The molecule has 168 valence electrons. The molecule has 0 spiro atoms. The van der Waals surface area contributed by atoms with Crippen molar-refractivity contribution in [3.8, 4) is 0 Å². The Morgan fingerprint density at radius 1 is 0.970 bits per heavy atom. The second-order valence-electron chi connectivity index (χ2n) is 9.02. The number of amides is 3. The number of imide groups is 1. The summed E-state index contributed by atoms with van der Waals surface area (Å²) >= 11 is 0. The zero-order chi connectivity index (χ0) is 23.3. The molecular weight excluding hydrogens is 420 g/mol. The first-order valence-electron chi connectivity index (χ1n) is 11.0. The Morgan fingerprint density at radius 2 is 1.64 bits per heavy atom. The van der Waals surface area contributed by atoms with E-state index in [9.17, 15) is 19.2 Å². The molecule has 7 heteroatoms. The van der Waals surface area contributed by atoms with Crippen LogP contribution in [0.5, 0.6) is 0 Å². The van der Waals surface area contributed by atoms with Crippen molar-refractivity contribution in [1.82, 2.24) is 0 Å². The van der Waals surface area contributed by atoms with Crippen LogP contribution >= 0.6 is 0 Å². The molecule has 1 N–H and O–H groups in total. The van der Waals surface area contributed by atoms with E-state index in [1.54, 1.807) is 24.3 Å². The molecule has 33 heavy (non-hydrogen) atoms. The molecule has 2 aromatic carbocycles. The van der Waals surface area contributed by atoms with Gasteiger partial charge in [-0.25, -0.2) is 4.79 Å². The van der Waals surface area contributed by atoms with Gasteiger partial charge in [-0.2, -0.15) is 0 Å². The first kappa shape index (κ1) is 21.1. The molecule has 5 rings (SSSR count). The van der Waals surface area contributed by atoms with Crippen LogP contribution in [0.3, 0.4) is 0 Å². The summed E-state index contributed by atoms with van der Waals surface area (Å²) in [7, 11) is 0. The number of rotatable bonds is 5. The summed E-state index contributed by atoms with van der Waals surface area (Å²) in [6.07, 6.45) is 3.02. The van der Waals surface area contributed by atoms with Gasteiger partial charge < -0.3 is 10.1 Å². The third-order valence-corrected chi connectivity index (χ3v) is 6.91. The number of carbonyl (C=O) groups excluding carboxylic acids is 4. The van der Waals surface area contributed by atoms with Gasteiger partial charge in [0.2, 0.25) is 11.8 Å². The molecule has 1 aliphatic heterocycles. The minimum Gasteiger partial charge on any atom is -0.452 e. The second-order valence-corrected chi connectivity index (χ2v) is 9.02. The van der Waals surface area contributed by atoms with Gasteiger partial charge in [-0.15, -0.1) is 0 Å². The van der Waals surface area contributed by atoms with Gasteiger partial charge in [0.25, 0.3) is 5.91 Å². The highest BCUT2D eigenvalue weighted by Gasteiger charge is 2.60. The number of ether oxygens (including phenoxy) is 1. The Labute approximate surface area is 191 Å². The van der Waals surface area contributed by atoms with Crippen LogP contribution < -0.4 is 10.2 Å².